The molecule has 1 aromatic rings. The normalized spacial score (nSPS) is 11.2. The van der Waals surface area contributed by atoms with Gasteiger partial charge in [-0.05, 0) is 23.6 Å². The summed E-state index contributed by atoms with van der Waals surface area (Å²) in [4.78, 5) is 0.210. The molecule has 0 saturated heterocycles. The summed E-state index contributed by atoms with van der Waals surface area (Å²) in [5, 5.41) is 3.06. The monoisotopic (exact) mass is 240 g/mol. The van der Waals surface area contributed by atoms with Crippen molar-refractivity contribution in [1.82, 2.24) is 0 Å². The highest BCUT2D eigenvalue weighted by Gasteiger charge is 2.11. The van der Waals surface area contributed by atoms with E-state index < -0.39 is 0 Å². The van der Waals surface area contributed by atoms with Crippen molar-refractivity contribution >= 4 is 22.9 Å². The number of hydrogen-bond donors (Lipinski definition) is 2. The molecule has 1 aromatic carbocycles. The number of halogens is 1. The maximum atomic E-state index is 13.6. The lowest BCUT2D eigenvalue weighted by atomic mass is 9.97. The van der Waals surface area contributed by atoms with E-state index in [1.54, 1.807) is 12.1 Å². The van der Waals surface area contributed by atoms with Gasteiger partial charge in [0.15, 0.2) is 0 Å². The van der Waals surface area contributed by atoms with Gasteiger partial charge in [-0.2, -0.15) is 0 Å². The second kappa shape index (κ2) is 4.78. The van der Waals surface area contributed by atoms with E-state index in [1.807, 2.05) is 0 Å². The molecule has 16 heavy (non-hydrogen) atoms. The average Bonchev–Trinajstić information content (AvgIpc) is 2.14. The Kier molecular flexibility index (Phi) is 3.86. The Balaban J connectivity index is 2.80. The van der Waals surface area contributed by atoms with E-state index in [-0.39, 0.29) is 16.2 Å². The first-order valence-corrected chi connectivity index (χ1v) is 5.54. The summed E-state index contributed by atoms with van der Waals surface area (Å²) in [6.45, 7) is 6.96. The van der Waals surface area contributed by atoms with Crippen molar-refractivity contribution < 1.29 is 4.39 Å². The third-order valence-electron chi connectivity index (χ3n) is 2.06. The summed E-state index contributed by atoms with van der Waals surface area (Å²) >= 11 is 4.78. The first-order chi connectivity index (χ1) is 7.29. The van der Waals surface area contributed by atoms with E-state index in [2.05, 4.69) is 26.1 Å². The fourth-order valence-electron chi connectivity index (χ4n) is 1.17. The van der Waals surface area contributed by atoms with Gasteiger partial charge in [-0.15, -0.1) is 0 Å². The molecular weight excluding hydrogens is 223 g/mol. The molecule has 0 aliphatic heterocycles. The van der Waals surface area contributed by atoms with Crippen LogP contribution >= 0.6 is 12.2 Å². The summed E-state index contributed by atoms with van der Waals surface area (Å²) in [5.74, 6) is -0.324. The number of benzene rings is 1. The average molecular weight is 240 g/mol. The topological polar surface area (TPSA) is 38.0 Å². The van der Waals surface area contributed by atoms with Gasteiger partial charge < -0.3 is 11.1 Å². The standard InChI is InChI=1S/C12H17FN2S/c1-12(2,3)7-15-10-5-4-8(11(14)16)6-9(10)13/h4-6,15H,7H2,1-3H3,(H2,14,16). The highest BCUT2D eigenvalue weighted by atomic mass is 32.1. The van der Waals surface area contributed by atoms with E-state index >= 15 is 0 Å². The maximum absolute atomic E-state index is 13.6. The SMILES string of the molecule is CC(C)(C)CNc1ccc(C(N)=S)cc1F. The Morgan fingerprint density at radius 2 is 2.06 bits per heavy atom. The second-order valence-corrected chi connectivity index (χ2v) is 5.41. The van der Waals surface area contributed by atoms with E-state index in [0.717, 1.165) is 0 Å². The zero-order valence-corrected chi connectivity index (χ0v) is 10.6. The van der Waals surface area contributed by atoms with Crippen LogP contribution in [-0.2, 0) is 0 Å². The van der Waals surface area contributed by atoms with E-state index in [4.69, 9.17) is 18.0 Å². The molecule has 0 spiro atoms. The fraction of sp³-hybridized carbons (Fsp3) is 0.417. The van der Waals surface area contributed by atoms with Crippen molar-refractivity contribution in [2.45, 2.75) is 20.8 Å². The van der Waals surface area contributed by atoms with Crippen LogP contribution in [0.1, 0.15) is 26.3 Å². The van der Waals surface area contributed by atoms with Crippen LogP contribution in [0, 0.1) is 11.2 Å². The lowest BCUT2D eigenvalue weighted by Crippen LogP contribution is -2.19. The van der Waals surface area contributed by atoms with Gasteiger partial charge >= 0.3 is 0 Å². The third kappa shape index (κ3) is 3.77. The van der Waals surface area contributed by atoms with Gasteiger partial charge in [-0.25, -0.2) is 4.39 Å². The molecule has 1 rings (SSSR count). The smallest absolute Gasteiger partial charge is 0.146 e. The molecule has 0 fully saturated rings. The van der Waals surface area contributed by atoms with Gasteiger partial charge in [-0.1, -0.05) is 33.0 Å². The lowest BCUT2D eigenvalue weighted by molar-refractivity contribution is 0.442. The van der Waals surface area contributed by atoms with Crippen LogP contribution in [0.2, 0.25) is 0 Å². The largest absolute Gasteiger partial charge is 0.389 e. The van der Waals surface area contributed by atoms with Crippen LogP contribution in [0.25, 0.3) is 0 Å². The van der Waals surface area contributed by atoms with E-state index in [0.29, 0.717) is 17.8 Å². The minimum atomic E-state index is -0.324. The molecular formula is C12H17FN2S. The lowest BCUT2D eigenvalue weighted by Gasteiger charge is -2.20. The quantitative estimate of drug-likeness (QED) is 0.798. The predicted molar refractivity (Wildman–Crippen MR) is 70.2 cm³/mol. The van der Waals surface area contributed by atoms with Gasteiger partial charge in [0.25, 0.3) is 0 Å². The summed E-state index contributed by atoms with van der Waals surface area (Å²) < 4.78 is 13.6. The minimum absolute atomic E-state index is 0.105. The van der Waals surface area contributed by atoms with Gasteiger partial charge in [-0.3, -0.25) is 0 Å². The fourth-order valence-corrected chi connectivity index (χ4v) is 1.30. The van der Waals surface area contributed by atoms with Crippen LogP contribution in [0.4, 0.5) is 10.1 Å². The number of rotatable bonds is 3. The van der Waals surface area contributed by atoms with E-state index in [9.17, 15) is 4.39 Å². The first kappa shape index (κ1) is 12.9. The Morgan fingerprint density at radius 3 is 2.50 bits per heavy atom. The number of hydrogen-bond acceptors (Lipinski definition) is 2. The molecule has 0 unspecified atom stereocenters. The molecule has 0 saturated carbocycles. The summed E-state index contributed by atoms with van der Waals surface area (Å²) in [6.07, 6.45) is 0. The Bertz CT molecular complexity index is 396. The van der Waals surface area contributed by atoms with Gasteiger partial charge in [0.2, 0.25) is 0 Å². The van der Waals surface area contributed by atoms with Gasteiger partial charge in [0.05, 0.1) is 5.69 Å². The Hall–Kier alpha value is -1.16. The van der Waals surface area contributed by atoms with Crippen LogP contribution < -0.4 is 11.1 Å². The minimum Gasteiger partial charge on any atom is -0.389 e. The predicted octanol–water partition coefficient (Wildman–Crippen LogP) is 2.92. The van der Waals surface area contributed by atoms with E-state index in [1.165, 1.54) is 6.07 Å². The first-order valence-electron chi connectivity index (χ1n) is 5.13. The second-order valence-electron chi connectivity index (χ2n) is 4.97. The highest BCUT2D eigenvalue weighted by Crippen LogP contribution is 2.19. The molecule has 88 valence electrons. The molecule has 0 aliphatic rings. The van der Waals surface area contributed by atoms with Crippen LogP contribution in [0.5, 0.6) is 0 Å². The molecule has 0 radical (unpaired) electrons. The van der Waals surface area contributed by atoms with Crippen molar-refractivity contribution in [2.75, 3.05) is 11.9 Å². The number of nitrogens with one attached hydrogen (secondary N) is 1. The van der Waals surface area contributed by atoms with Crippen molar-refractivity contribution in [2.24, 2.45) is 11.1 Å². The number of nitrogens with two attached hydrogens (primary N) is 1. The third-order valence-corrected chi connectivity index (χ3v) is 2.30. The van der Waals surface area contributed by atoms with Crippen LogP contribution in [0.15, 0.2) is 18.2 Å². The molecule has 4 heteroatoms. The molecule has 0 aliphatic carbocycles. The summed E-state index contributed by atoms with van der Waals surface area (Å²) in [7, 11) is 0. The molecule has 0 amide bonds. The van der Waals surface area contributed by atoms with Gasteiger partial charge in [0.1, 0.15) is 10.8 Å². The Labute approximate surface area is 101 Å². The van der Waals surface area contributed by atoms with Crippen LogP contribution in [0.3, 0.4) is 0 Å². The molecule has 2 nitrogen and oxygen atoms in total. The molecule has 3 N–H and O–H groups in total. The van der Waals surface area contributed by atoms with Crippen molar-refractivity contribution in [3.05, 3.63) is 29.6 Å². The molecule has 0 bridgehead atoms. The van der Waals surface area contributed by atoms with Crippen LogP contribution in [-0.4, -0.2) is 11.5 Å². The van der Waals surface area contributed by atoms with Crippen molar-refractivity contribution in [3.63, 3.8) is 0 Å². The molecule has 0 aromatic heterocycles. The van der Waals surface area contributed by atoms with Crippen molar-refractivity contribution in [3.8, 4) is 0 Å². The zero-order valence-electron chi connectivity index (χ0n) is 9.80. The molecule has 0 atom stereocenters. The summed E-state index contributed by atoms with van der Waals surface area (Å²) in [6, 6.07) is 4.74. The highest BCUT2D eigenvalue weighted by molar-refractivity contribution is 7.80. The number of anilines is 1. The maximum Gasteiger partial charge on any atom is 0.146 e. The number of thiocarbonyl (C=S) groups is 1. The Morgan fingerprint density at radius 1 is 1.44 bits per heavy atom. The van der Waals surface area contributed by atoms with Gasteiger partial charge in [0, 0.05) is 12.1 Å². The summed E-state index contributed by atoms with van der Waals surface area (Å²) in [5.41, 5.74) is 6.56. The zero-order chi connectivity index (χ0) is 12.3. The molecule has 0 heterocycles. The van der Waals surface area contributed by atoms with Crippen molar-refractivity contribution in [1.29, 1.82) is 0 Å².